The Morgan fingerprint density at radius 1 is 0.877 bits per heavy atom. The van der Waals surface area contributed by atoms with Crippen molar-refractivity contribution in [3.63, 3.8) is 0 Å². The number of ether oxygens (including phenoxy) is 7. The minimum atomic E-state index is -1.80. The summed E-state index contributed by atoms with van der Waals surface area (Å²) in [6.45, 7) is 6.68. The number of fused-ring (bicyclic) bond motifs is 3. The molecule has 2 aromatic carbocycles. The number of aliphatic hydroxyl groups excluding tert-OH is 1. The molecule has 16 heteroatoms. The van der Waals surface area contributed by atoms with E-state index in [-0.39, 0.29) is 64.5 Å². The Morgan fingerprint density at radius 2 is 1.54 bits per heavy atom. The largest absolute Gasteiger partial charge is 0.507 e. The van der Waals surface area contributed by atoms with E-state index in [0.29, 0.717) is 12.8 Å². The highest BCUT2D eigenvalue weighted by Crippen LogP contribution is 2.53. The third-order valence-corrected chi connectivity index (χ3v) is 12.0. The van der Waals surface area contributed by atoms with Crippen molar-refractivity contribution in [3.05, 3.63) is 57.6 Å². The number of benzene rings is 2. The molecule has 13 atom stereocenters. The molecule has 0 aromatic heterocycles. The van der Waals surface area contributed by atoms with E-state index in [9.17, 15) is 39.6 Å². The molecule has 7 rings (SSSR count). The zero-order valence-electron chi connectivity index (χ0n) is 33.0. The lowest BCUT2D eigenvalue weighted by molar-refractivity contribution is -0.324. The lowest BCUT2D eigenvalue weighted by Crippen LogP contribution is -2.58. The number of methoxy groups -OCH3 is 1. The smallest absolute Gasteiger partial charge is 0.316 e. The van der Waals surface area contributed by atoms with Crippen LogP contribution < -0.4 is 0 Å². The third kappa shape index (κ3) is 7.51. The fraction of sp³-hybridized carbons (Fsp3) is 0.610. The standard InChI is InChI=1S/C41H51NO15/c1-17-24(43)11-12-28(52-17)56-39-19(3)54-30(15-26(39)45)57-38-18(2)53-29(14-23(38)42(5)6)55-27-16-41(4,50)34(40(49)51-7)21-13-22-33(37(48)32(21)27)36(47)31-20(35(22)46)9-8-10-25(31)44/h8-10,13,17-19,23,26-30,34,38-39,44-45,48,50H,11-12,14-16H2,1-7H3/t17-,18-,19-,23-,26-,27-,28-,29-,30-,34-,38+,39+,41+/m0/s1. The Balaban J connectivity index is 1.12. The van der Waals surface area contributed by atoms with Gasteiger partial charge in [0.2, 0.25) is 5.78 Å². The molecule has 2 aliphatic carbocycles. The predicted octanol–water partition coefficient (Wildman–Crippen LogP) is 2.77. The Bertz CT molecular complexity index is 1920. The maximum absolute atomic E-state index is 13.9. The van der Waals surface area contributed by atoms with Crippen molar-refractivity contribution in [3.8, 4) is 11.5 Å². The molecule has 57 heavy (non-hydrogen) atoms. The molecule has 0 bridgehead atoms. The third-order valence-electron chi connectivity index (χ3n) is 12.0. The van der Waals surface area contributed by atoms with Crippen molar-refractivity contribution in [2.75, 3.05) is 21.2 Å². The van der Waals surface area contributed by atoms with Gasteiger partial charge in [-0.25, -0.2) is 0 Å². The van der Waals surface area contributed by atoms with Crippen LogP contribution >= 0.6 is 0 Å². The van der Waals surface area contributed by atoms with E-state index in [4.69, 9.17) is 33.2 Å². The van der Waals surface area contributed by atoms with E-state index in [2.05, 4.69) is 0 Å². The highest BCUT2D eigenvalue weighted by molar-refractivity contribution is 6.30. The van der Waals surface area contributed by atoms with Gasteiger partial charge in [0.15, 0.2) is 30.4 Å². The number of carbonyl (C=O) groups is 4. The molecule has 0 radical (unpaired) electrons. The molecule has 0 spiro atoms. The molecule has 3 saturated heterocycles. The minimum Gasteiger partial charge on any atom is -0.507 e. The molecule has 4 N–H and O–H groups in total. The van der Waals surface area contributed by atoms with Crippen molar-refractivity contribution < 1.29 is 72.8 Å². The SMILES string of the molecule is COC(=O)[C@@H]1c2cc3c(c(O)c2[C@@H](O[C@H]2C[C@H](N(C)C)[C@H](O[C@H]4C[C@H](O)[C@H](O[C@H]5CCC(=O)[C@H](C)O5)[C@H](C)O4)[C@H](C)O2)C[C@@]1(C)O)C(=O)c1c(O)cccc1C3=O. The van der Waals surface area contributed by atoms with E-state index in [0.717, 1.165) is 7.11 Å². The van der Waals surface area contributed by atoms with Gasteiger partial charge in [0.05, 0.1) is 48.3 Å². The van der Waals surface area contributed by atoms with E-state index in [1.165, 1.54) is 31.2 Å². The number of likely N-dealkylation sites (N-methyl/N-ethyl adjacent to an activating group) is 1. The van der Waals surface area contributed by atoms with Gasteiger partial charge in [-0.15, -0.1) is 0 Å². The van der Waals surface area contributed by atoms with E-state index in [1.54, 1.807) is 20.8 Å². The summed E-state index contributed by atoms with van der Waals surface area (Å²) in [5, 5.41) is 45.4. The zero-order chi connectivity index (χ0) is 41.2. The van der Waals surface area contributed by atoms with Crippen LogP contribution in [-0.2, 0) is 42.7 Å². The summed E-state index contributed by atoms with van der Waals surface area (Å²) in [5.41, 5.74) is -2.58. The molecule has 310 valence electrons. The van der Waals surface area contributed by atoms with Crippen LogP contribution in [0.15, 0.2) is 24.3 Å². The Labute approximate surface area is 329 Å². The summed E-state index contributed by atoms with van der Waals surface area (Å²) < 4.78 is 42.4. The lowest BCUT2D eigenvalue weighted by Gasteiger charge is -2.48. The molecule has 5 aliphatic rings. The lowest BCUT2D eigenvalue weighted by atomic mass is 9.68. The number of Topliss-reactive ketones (excluding diaryl/α,β-unsaturated/α-hetero) is 1. The zero-order valence-corrected chi connectivity index (χ0v) is 33.0. The van der Waals surface area contributed by atoms with Crippen LogP contribution in [0.2, 0.25) is 0 Å². The van der Waals surface area contributed by atoms with Crippen LogP contribution in [0.1, 0.15) is 115 Å². The maximum Gasteiger partial charge on any atom is 0.316 e. The highest BCUT2D eigenvalue weighted by atomic mass is 16.7. The second-order valence-corrected chi connectivity index (χ2v) is 16.2. The first kappa shape index (κ1) is 41.3. The number of aromatic hydroxyl groups is 2. The molecule has 2 aromatic rings. The molecule has 3 heterocycles. The van der Waals surface area contributed by atoms with Crippen LogP contribution in [0.3, 0.4) is 0 Å². The van der Waals surface area contributed by atoms with Crippen LogP contribution in [0.5, 0.6) is 11.5 Å². The summed E-state index contributed by atoms with van der Waals surface area (Å²) in [4.78, 5) is 54.7. The van der Waals surface area contributed by atoms with Crippen LogP contribution in [-0.4, -0.2) is 137 Å². The number of aliphatic hydroxyl groups is 2. The fourth-order valence-electron chi connectivity index (χ4n) is 9.06. The number of carbonyl (C=O) groups excluding carboxylic acids is 4. The topological polar surface area (TPSA) is 217 Å². The van der Waals surface area contributed by atoms with Crippen LogP contribution in [0.25, 0.3) is 0 Å². The quantitative estimate of drug-likeness (QED) is 0.241. The van der Waals surface area contributed by atoms with Gasteiger partial charge in [-0.3, -0.25) is 19.2 Å². The number of ketones is 3. The van der Waals surface area contributed by atoms with Gasteiger partial charge in [-0.2, -0.15) is 0 Å². The Kier molecular flexibility index (Phi) is 11.4. The summed E-state index contributed by atoms with van der Waals surface area (Å²) in [5.74, 6) is -4.65. The van der Waals surface area contributed by atoms with Crippen molar-refractivity contribution in [2.24, 2.45) is 0 Å². The summed E-state index contributed by atoms with van der Waals surface area (Å²) in [6.07, 6.45) is -6.74. The molecule has 0 amide bonds. The summed E-state index contributed by atoms with van der Waals surface area (Å²) >= 11 is 0. The van der Waals surface area contributed by atoms with Crippen molar-refractivity contribution in [1.82, 2.24) is 4.90 Å². The number of esters is 1. The number of nitrogens with zero attached hydrogens (tertiary/aromatic N) is 1. The van der Waals surface area contributed by atoms with Gasteiger partial charge in [0.1, 0.15) is 35.7 Å². The monoisotopic (exact) mass is 797 g/mol. The second-order valence-electron chi connectivity index (χ2n) is 16.2. The van der Waals surface area contributed by atoms with Gasteiger partial charge in [-0.05, 0) is 59.5 Å². The van der Waals surface area contributed by atoms with Gasteiger partial charge in [-0.1, -0.05) is 12.1 Å². The first-order chi connectivity index (χ1) is 26.9. The van der Waals surface area contributed by atoms with E-state index in [1.807, 2.05) is 19.0 Å². The fourth-order valence-corrected chi connectivity index (χ4v) is 9.06. The number of phenolic OH excluding ortho intramolecular Hbond substituents is 2. The number of hydrogen-bond acceptors (Lipinski definition) is 16. The number of rotatable bonds is 8. The molecular weight excluding hydrogens is 746 g/mol. The average molecular weight is 798 g/mol. The molecular formula is C41H51NO15. The second kappa shape index (κ2) is 15.7. The molecule has 3 aliphatic heterocycles. The van der Waals surface area contributed by atoms with Crippen molar-refractivity contribution in [2.45, 2.75) is 139 Å². The highest BCUT2D eigenvalue weighted by Gasteiger charge is 2.52. The summed E-state index contributed by atoms with van der Waals surface area (Å²) in [6, 6.07) is 5.07. The first-order valence-electron chi connectivity index (χ1n) is 19.3. The maximum atomic E-state index is 13.9. The van der Waals surface area contributed by atoms with Gasteiger partial charge >= 0.3 is 5.97 Å². The van der Waals surface area contributed by atoms with E-state index < -0.39 is 102 Å². The average Bonchev–Trinajstić information content (AvgIpc) is 3.13. The minimum absolute atomic E-state index is 0.00518. The number of phenols is 2. The van der Waals surface area contributed by atoms with Gasteiger partial charge in [0.25, 0.3) is 0 Å². The first-order valence-corrected chi connectivity index (χ1v) is 19.3. The van der Waals surface area contributed by atoms with Crippen LogP contribution in [0, 0.1) is 0 Å². The Morgan fingerprint density at radius 3 is 2.19 bits per heavy atom. The molecule has 0 unspecified atom stereocenters. The van der Waals surface area contributed by atoms with E-state index >= 15 is 0 Å². The van der Waals surface area contributed by atoms with Crippen molar-refractivity contribution >= 4 is 23.3 Å². The Hall–Kier alpha value is -3.84. The number of hydrogen-bond donors (Lipinski definition) is 4. The predicted molar refractivity (Wildman–Crippen MR) is 197 cm³/mol. The van der Waals surface area contributed by atoms with Gasteiger partial charge < -0.3 is 58.5 Å². The molecule has 0 saturated carbocycles. The molecule has 3 fully saturated rings. The van der Waals surface area contributed by atoms with Gasteiger partial charge in [0, 0.05) is 54.8 Å². The van der Waals surface area contributed by atoms with Crippen molar-refractivity contribution in [1.29, 1.82) is 0 Å². The summed E-state index contributed by atoms with van der Waals surface area (Å²) in [7, 11) is 4.89. The van der Waals surface area contributed by atoms with Crippen LogP contribution in [0.4, 0.5) is 0 Å². The molecule has 16 nitrogen and oxygen atoms in total. The normalized spacial score (nSPS) is 36.7.